The van der Waals surface area contributed by atoms with Crippen molar-refractivity contribution in [2.45, 2.75) is 19.9 Å². The lowest BCUT2D eigenvalue weighted by Crippen LogP contribution is -2.30. The highest BCUT2D eigenvalue weighted by Gasteiger charge is 2.19. The van der Waals surface area contributed by atoms with Crippen LogP contribution in [0.25, 0.3) is 11.5 Å². The largest absolute Gasteiger partial charge is 0.441 e. The quantitative estimate of drug-likeness (QED) is 0.635. The normalized spacial score (nSPS) is 15.7. The molecule has 140 valence electrons. The van der Waals surface area contributed by atoms with E-state index in [2.05, 4.69) is 40.1 Å². The Bertz CT molecular complexity index is 894. The second-order valence-corrected chi connectivity index (χ2v) is 7.36. The van der Waals surface area contributed by atoms with Crippen molar-refractivity contribution in [1.82, 2.24) is 9.88 Å². The van der Waals surface area contributed by atoms with Gasteiger partial charge in [0.2, 0.25) is 5.89 Å². The molecular weight excluding hydrogens is 358 g/mol. The molecule has 5 heteroatoms. The summed E-state index contributed by atoms with van der Waals surface area (Å²) in [5, 5.41) is 0.665. The maximum atomic E-state index is 6.29. The van der Waals surface area contributed by atoms with Gasteiger partial charge in [0.05, 0.1) is 16.3 Å². The molecule has 2 aromatic carbocycles. The van der Waals surface area contributed by atoms with Crippen LogP contribution in [0.2, 0.25) is 5.02 Å². The molecule has 1 saturated heterocycles. The highest BCUT2D eigenvalue weighted by Crippen LogP contribution is 2.29. The molecule has 0 amide bonds. The Labute approximate surface area is 165 Å². The molecule has 4 nitrogen and oxygen atoms in total. The first kappa shape index (κ1) is 18.1. The van der Waals surface area contributed by atoms with Crippen LogP contribution in [0, 0.1) is 6.92 Å². The predicted molar refractivity (Wildman–Crippen MR) is 110 cm³/mol. The number of oxazole rings is 1. The molecule has 0 atom stereocenters. The van der Waals surface area contributed by atoms with E-state index < -0.39 is 0 Å². The first-order chi connectivity index (χ1) is 13.2. The molecule has 1 aromatic heterocycles. The molecule has 0 aliphatic carbocycles. The van der Waals surface area contributed by atoms with Gasteiger partial charge in [-0.1, -0.05) is 41.9 Å². The number of anilines is 1. The minimum Gasteiger partial charge on any atom is -0.441 e. The van der Waals surface area contributed by atoms with Gasteiger partial charge in [0.25, 0.3) is 0 Å². The van der Waals surface area contributed by atoms with Crippen LogP contribution in [-0.4, -0.2) is 36.1 Å². The van der Waals surface area contributed by atoms with E-state index in [9.17, 15) is 0 Å². The summed E-state index contributed by atoms with van der Waals surface area (Å²) in [5.74, 6) is 1.47. The Balaban J connectivity index is 1.45. The van der Waals surface area contributed by atoms with Gasteiger partial charge in [0.1, 0.15) is 5.76 Å². The number of nitrogens with zero attached hydrogens (tertiary/aromatic N) is 3. The molecule has 0 spiro atoms. The summed E-state index contributed by atoms with van der Waals surface area (Å²) in [4.78, 5) is 9.66. The molecule has 3 aromatic rings. The van der Waals surface area contributed by atoms with Crippen molar-refractivity contribution < 1.29 is 4.42 Å². The lowest BCUT2D eigenvalue weighted by molar-refractivity contribution is 0.281. The second-order valence-electron chi connectivity index (χ2n) is 6.95. The maximum absolute atomic E-state index is 6.29. The summed E-state index contributed by atoms with van der Waals surface area (Å²) in [6.07, 6.45) is 1.14. The third kappa shape index (κ3) is 4.18. The topological polar surface area (TPSA) is 32.5 Å². The minimum atomic E-state index is 0.605. The van der Waals surface area contributed by atoms with E-state index in [-0.39, 0.29) is 0 Å². The summed E-state index contributed by atoms with van der Waals surface area (Å²) in [6, 6.07) is 18.3. The van der Waals surface area contributed by atoms with Crippen LogP contribution < -0.4 is 4.90 Å². The Morgan fingerprint density at radius 2 is 1.74 bits per heavy atom. The Morgan fingerprint density at radius 1 is 0.963 bits per heavy atom. The molecule has 1 aliphatic rings. The maximum Gasteiger partial charge on any atom is 0.228 e. The average molecular weight is 382 g/mol. The van der Waals surface area contributed by atoms with Crippen molar-refractivity contribution in [2.24, 2.45) is 0 Å². The van der Waals surface area contributed by atoms with Crippen molar-refractivity contribution >= 4 is 17.3 Å². The standard InChI is InChI=1S/C22H24ClN3O/c1-17-21(24-22(27-17)19-10-5-6-11-20(19)23)16-25-12-7-13-26(15-14-25)18-8-3-2-4-9-18/h2-6,8-11H,7,12-16H2,1H3. The number of hydrogen-bond acceptors (Lipinski definition) is 4. The minimum absolute atomic E-state index is 0.605. The van der Waals surface area contributed by atoms with E-state index in [1.54, 1.807) is 0 Å². The zero-order valence-corrected chi connectivity index (χ0v) is 16.3. The SMILES string of the molecule is Cc1oc(-c2ccccc2Cl)nc1CN1CCCN(c2ccccc2)CC1. The first-order valence-corrected chi connectivity index (χ1v) is 9.82. The van der Waals surface area contributed by atoms with Gasteiger partial charge in [0.15, 0.2) is 0 Å². The highest BCUT2D eigenvalue weighted by molar-refractivity contribution is 6.33. The molecule has 1 aliphatic heterocycles. The van der Waals surface area contributed by atoms with Crippen LogP contribution in [0.1, 0.15) is 17.9 Å². The first-order valence-electron chi connectivity index (χ1n) is 9.44. The Morgan fingerprint density at radius 3 is 2.56 bits per heavy atom. The van der Waals surface area contributed by atoms with Gasteiger partial charge in [-0.25, -0.2) is 4.98 Å². The molecule has 4 rings (SSSR count). The molecule has 0 saturated carbocycles. The smallest absolute Gasteiger partial charge is 0.228 e. The number of rotatable bonds is 4. The molecule has 0 unspecified atom stereocenters. The number of hydrogen-bond donors (Lipinski definition) is 0. The molecule has 0 radical (unpaired) electrons. The van der Waals surface area contributed by atoms with Gasteiger partial charge >= 0.3 is 0 Å². The highest BCUT2D eigenvalue weighted by atomic mass is 35.5. The number of aromatic nitrogens is 1. The fraction of sp³-hybridized carbons (Fsp3) is 0.318. The molecule has 27 heavy (non-hydrogen) atoms. The van der Waals surface area contributed by atoms with Crippen molar-refractivity contribution in [3.63, 3.8) is 0 Å². The Kier molecular flexibility index (Phi) is 5.46. The van der Waals surface area contributed by atoms with Gasteiger partial charge in [-0.3, -0.25) is 4.90 Å². The van der Waals surface area contributed by atoms with Crippen molar-refractivity contribution in [2.75, 3.05) is 31.1 Å². The number of para-hydroxylation sites is 1. The van der Waals surface area contributed by atoms with E-state index in [4.69, 9.17) is 21.0 Å². The van der Waals surface area contributed by atoms with Gasteiger partial charge in [0, 0.05) is 38.4 Å². The number of halogens is 1. The van der Waals surface area contributed by atoms with Crippen molar-refractivity contribution in [3.05, 3.63) is 71.1 Å². The Hall–Kier alpha value is -2.30. The second kappa shape index (κ2) is 8.15. The van der Waals surface area contributed by atoms with Gasteiger partial charge in [-0.2, -0.15) is 0 Å². The van der Waals surface area contributed by atoms with E-state index in [0.717, 1.165) is 56.2 Å². The van der Waals surface area contributed by atoms with Gasteiger partial charge < -0.3 is 9.32 Å². The summed E-state index contributed by atoms with van der Waals surface area (Å²) < 4.78 is 5.91. The molecule has 0 N–H and O–H groups in total. The van der Waals surface area contributed by atoms with Gasteiger partial charge in [-0.05, 0) is 37.6 Å². The predicted octanol–water partition coefficient (Wildman–Crippen LogP) is 5.02. The third-order valence-corrected chi connectivity index (χ3v) is 5.41. The third-order valence-electron chi connectivity index (χ3n) is 5.08. The summed E-state index contributed by atoms with van der Waals surface area (Å²) in [5.41, 5.74) is 3.15. The molecule has 1 fully saturated rings. The van der Waals surface area contributed by atoms with Crippen LogP contribution in [0.5, 0.6) is 0 Å². The molecule has 0 bridgehead atoms. The van der Waals surface area contributed by atoms with Crippen LogP contribution in [-0.2, 0) is 6.54 Å². The van der Waals surface area contributed by atoms with Crippen LogP contribution in [0.3, 0.4) is 0 Å². The van der Waals surface area contributed by atoms with E-state index >= 15 is 0 Å². The zero-order valence-electron chi connectivity index (χ0n) is 15.6. The van der Waals surface area contributed by atoms with Crippen molar-refractivity contribution in [3.8, 4) is 11.5 Å². The molecular formula is C22H24ClN3O. The van der Waals surface area contributed by atoms with Gasteiger partial charge in [-0.15, -0.1) is 0 Å². The van der Waals surface area contributed by atoms with E-state index in [1.807, 2.05) is 31.2 Å². The zero-order chi connectivity index (χ0) is 18.6. The number of aryl methyl sites for hydroxylation is 1. The monoisotopic (exact) mass is 381 g/mol. The average Bonchev–Trinajstić information content (AvgIpc) is 2.90. The molecule has 2 heterocycles. The lowest BCUT2D eigenvalue weighted by Gasteiger charge is -2.23. The van der Waals surface area contributed by atoms with Crippen LogP contribution in [0.15, 0.2) is 59.0 Å². The summed E-state index contributed by atoms with van der Waals surface area (Å²) >= 11 is 6.29. The summed E-state index contributed by atoms with van der Waals surface area (Å²) in [7, 11) is 0. The fourth-order valence-corrected chi connectivity index (χ4v) is 3.78. The lowest BCUT2D eigenvalue weighted by atomic mass is 10.2. The van der Waals surface area contributed by atoms with Crippen LogP contribution >= 0.6 is 11.6 Å². The fourth-order valence-electron chi connectivity index (χ4n) is 3.56. The summed E-state index contributed by atoms with van der Waals surface area (Å²) in [6.45, 7) is 6.99. The number of benzene rings is 2. The van der Waals surface area contributed by atoms with E-state index in [1.165, 1.54) is 5.69 Å². The van der Waals surface area contributed by atoms with Crippen molar-refractivity contribution in [1.29, 1.82) is 0 Å². The van der Waals surface area contributed by atoms with Crippen LogP contribution in [0.4, 0.5) is 5.69 Å². The van der Waals surface area contributed by atoms with E-state index in [0.29, 0.717) is 10.9 Å².